The number of hydrogen-bond donors (Lipinski definition) is 2. The van der Waals surface area contributed by atoms with Crippen LogP contribution in [-0.4, -0.2) is 12.5 Å². The highest BCUT2D eigenvalue weighted by atomic mass is 16.1. The molecule has 0 aromatic heterocycles. The van der Waals surface area contributed by atoms with Gasteiger partial charge in [0.05, 0.1) is 12.6 Å². The summed E-state index contributed by atoms with van der Waals surface area (Å²) in [6.07, 6.45) is 0. The van der Waals surface area contributed by atoms with Crippen molar-refractivity contribution in [1.29, 1.82) is 0 Å². The van der Waals surface area contributed by atoms with Gasteiger partial charge in [-0.15, -0.1) is 0 Å². The number of amides is 1. The van der Waals surface area contributed by atoms with Crippen LogP contribution in [0.1, 0.15) is 18.5 Å². The SMILES string of the molecule is C[C@@H](NC(=O)CNc1ccccc1)c1ccccc1. The molecule has 0 aliphatic carbocycles. The predicted molar refractivity (Wildman–Crippen MR) is 77.9 cm³/mol. The lowest BCUT2D eigenvalue weighted by molar-refractivity contribution is -0.120. The summed E-state index contributed by atoms with van der Waals surface area (Å²) in [5.41, 5.74) is 2.06. The molecule has 0 saturated carbocycles. The molecule has 2 aromatic carbocycles. The van der Waals surface area contributed by atoms with Crippen molar-refractivity contribution in [3.63, 3.8) is 0 Å². The number of nitrogens with one attached hydrogen (secondary N) is 2. The molecule has 0 saturated heterocycles. The highest BCUT2D eigenvalue weighted by Crippen LogP contribution is 2.11. The Hall–Kier alpha value is -2.29. The maximum absolute atomic E-state index is 11.8. The second kappa shape index (κ2) is 6.59. The number of anilines is 1. The van der Waals surface area contributed by atoms with Crippen LogP contribution < -0.4 is 10.6 Å². The van der Waals surface area contributed by atoms with Crippen LogP contribution in [0.25, 0.3) is 0 Å². The monoisotopic (exact) mass is 254 g/mol. The van der Waals surface area contributed by atoms with Gasteiger partial charge >= 0.3 is 0 Å². The number of carbonyl (C=O) groups is 1. The summed E-state index contributed by atoms with van der Waals surface area (Å²) in [6.45, 7) is 2.26. The normalized spacial score (nSPS) is 11.6. The van der Waals surface area contributed by atoms with Gasteiger partial charge in [0.25, 0.3) is 0 Å². The maximum atomic E-state index is 11.8. The second-order valence-electron chi connectivity index (χ2n) is 4.42. The van der Waals surface area contributed by atoms with Gasteiger partial charge in [0.1, 0.15) is 0 Å². The molecule has 0 aliphatic heterocycles. The third-order valence-electron chi connectivity index (χ3n) is 2.90. The Bertz CT molecular complexity index is 511. The first-order valence-corrected chi connectivity index (χ1v) is 6.39. The van der Waals surface area contributed by atoms with Crippen LogP contribution in [0, 0.1) is 0 Å². The van der Waals surface area contributed by atoms with Gasteiger partial charge in [0, 0.05) is 5.69 Å². The first-order chi connectivity index (χ1) is 9.25. The van der Waals surface area contributed by atoms with E-state index < -0.39 is 0 Å². The fraction of sp³-hybridized carbons (Fsp3) is 0.188. The van der Waals surface area contributed by atoms with Crippen molar-refractivity contribution in [3.8, 4) is 0 Å². The van der Waals surface area contributed by atoms with Gasteiger partial charge < -0.3 is 10.6 Å². The minimum absolute atomic E-state index is 0.0137. The zero-order valence-electron chi connectivity index (χ0n) is 11.0. The van der Waals surface area contributed by atoms with E-state index >= 15 is 0 Å². The molecule has 2 N–H and O–H groups in total. The molecule has 98 valence electrons. The molecule has 1 amide bonds. The van der Waals surface area contributed by atoms with Crippen molar-refractivity contribution < 1.29 is 4.79 Å². The van der Waals surface area contributed by atoms with Crippen molar-refractivity contribution in [2.75, 3.05) is 11.9 Å². The quantitative estimate of drug-likeness (QED) is 0.861. The Balaban J connectivity index is 1.82. The van der Waals surface area contributed by atoms with Gasteiger partial charge in [-0.25, -0.2) is 0 Å². The average molecular weight is 254 g/mol. The molecule has 0 spiro atoms. The zero-order valence-corrected chi connectivity index (χ0v) is 11.0. The molecule has 3 nitrogen and oxygen atoms in total. The number of para-hydroxylation sites is 1. The smallest absolute Gasteiger partial charge is 0.239 e. The first-order valence-electron chi connectivity index (χ1n) is 6.39. The minimum atomic E-state index is -0.0137. The topological polar surface area (TPSA) is 41.1 Å². The van der Waals surface area contributed by atoms with Gasteiger partial charge in [-0.3, -0.25) is 4.79 Å². The van der Waals surface area contributed by atoms with Gasteiger partial charge in [0.2, 0.25) is 5.91 Å². The molecule has 0 aliphatic rings. The Morgan fingerprint density at radius 2 is 1.58 bits per heavy atom. The van der Waals surface area contributed by atoms with Gasteiger partial charge in [-0.1, -0.05) is 48.5 Å². The Morgan fingerprint density at radius 1 is 1.00 bits per heavy atom. The summed E-state index contributed by atoms with van der Waals surface area (Å²) in [6, 6.07) is 19.6. The largest absolute Gasteiger partial charge is 0.376 e. The molecule has 0 bridgehead atoms. The van der Waals surface area contributed by atoms with Crippen LogP contribution in [0.2, 0.25) is 0 Å². The molecule has 2 rings (SSSR count). The molecule has 2 aromatic rings. The average Bonchev–Trinajstić information content (AvgIpc) is 2.47. The van der Waals surface area contributed by atoms with Crippen LogP contribution in [0.15, 0.2) is 60.7 Å². The van der Waals surface area contributed by atoms with Crippen molar-refractivity contribution >= 4 is 11.6 Å². The third kappa shape index (κ3) is 4.14. The molecule has 19 heavy (non-hydrogen) atoms. The maximum Gasteiger partial charge on any atom is 0.239 e. The van der Waals surface area contributed by atoms with Crippen LogP contribution in [-0.2, 0) is 4.79 Å². The van der Waals surface area contributed by atoms with Crippen molar-refractivity contribution in [2.24, 2.45) is 0 Å². The first kappa shape index (κ1) is 13.1. The van der Waals surface area contributed by atoms with Crippen LogP contribution in [0.4, 0.5) is 5.69 Å². The van der Waals surface area contributed by atoms with Crippen molar-refractivity contribution in [3.05, 3.63) is 66.2 Å². The van der Waals surface area contributed by atoms with Gasteiger partial charge in [0.15, 0.2) is 0 Å². The molecule has 1 atom stereocenters. The predicted octanol–water partition coefficient (Wildman–Crippen LogP) is 2.98. The number of hydrogen-bond acceptors (Lipinski definition) is 2. The molecule has 0 fully saturated rings. The van der Waals surface area contributed by atoms with Crippen LogP contribution in [0.3, 0.4) is 0 Å². The van der Waals surface area contributed by atoms with E-state index in [9.17, 15) is 4.79 Å². The van der Waals surface area contributed by atoms with E-state index in [4.69, 9.17) is 0 Å². The van der Waals surface area contributed by atoms with E-state index in [-0.39, 0.29) is 18.5 Å². The highest BCUT2D eigenvalue weighted by molar-refractivity contribution is 5.81. The molecule has 0 unspecified atom stereocenters. The fourth-order valence-electron chi connectivity index (χ4n) is 1.86. The highest BCUT2D eigenvalue weighted by Gasteiger charge is 2.08. The summed E-state index contributed by atoms with van der Waals surface area (Å²) in [5, 5.41) is 6.05. The molecule has 3 heteroatoms. The Morgan fingerprint density at radius 3 is 2.21 bits per heavy atom. The molecular formula is C16H18N2O. The summed E-state index contributed by atoms with van der Waals surface area (Å²) in [5.74, 6) is -0.0137. The third-order valence-corrected chi connectivity index (χ3v) is 2.90. The number of benzene rings is 2. The van der Waals surface area contributed by atoms with E-state index in [0.717, 1.165) is 11.3 Å². The number of carbonyl (C=O) groups excluding carboxylic acids is 1. The summed E-state index contributed by atoms with van der Waals surface area (Å²) >= 11 is 0. The van der Waals surface area contributed by atoms with Crippen molar-refractivity contribution in [2.45, 2.75) is 13.0 Å². The van der Waals surface area contributed by atoms with Gasteiger partial charge in [-0.2, -0.15) is 0 Å². The molecule has 0 heterocycles. The molecular weight excluding hydrogens is 236 g/mol. The summed E-state index contributed by atoms with van der Waals surface area (Å²) < 4.78 is 0. The standard InChI is InChI=1S/C16H18N2O/c1-13(14-8-4-2-5-9-14)18-16(19)12-17-15-10-6-3-7-11-15/h2-11,13,17H,12H2,1H3,(H,18,19)/t13-/m1/s1. The Kier molecular flexibility index (Phi) is 4.56. The Labute approximate surface area is 113 Å². The van der Waals surface area contributed by atoms with Crippen LogP contribution >= 0.6 is 0 Å². The zero-order chi connectivity index (χ0) is 13.5. The fourth-order valence-corrected chi connectivity index (χ4v) is 1.86. The lowest BCUT2D eigenvalue weighted by Gasteiger charge is -2.14. The van der Waals surface area contributed by atoms with Gasteiger partial charge in [-0.05, 0) is 24.6 Å². The summed E-state index contributed by atoms with van der Waals surface area (Å²) in [4.78, 5) is 11.8. The second-order valence-corrected chi connectivity index (χ2v) is 4.42. The van der Waals surface area contributed by atoms with E-state index in [0.29, 0.717) is 0 Å². The summed E-state index contributed by atoms with van der Waals surface area (Å²) in [7, 11) is 0. The minimum Gasteiger partial charge on any atom is -0.376 e. The lowest BCUT2D eigenvalue weighted by Crippen LogP contribution is -2.32. The van der Waals surface area contributed by atoms with Crippen LogP contribution in [0.5, 0.6) is 0 Å². The van der Waals surface area contributed by atoms with E-state index in [1.807, 2.05) is 67.6 Å². The van der Waals surface area contributed by atoms with E-state index in [1.165, 1.54) is 0 Å². The number of rotatable bonds is 5. The van der Waals surface area contributed by atoms with E-state index in [2.05, 4.69) is 10.6 Å². The lowest BCUT2D eigenvalue weighted by atomic mass is 10.1. The molecule has 0 radical (unpaired) electrons. The van der Waals surface area contributed by atoms with E-state index in [1.54, 1.807) is 0 Å². The van der Waals surface area contributed by atoms with Crippen molar-refractivity contribution in [1.82, 2.24) is 5.32 Å².